The number of hydrogen-bond acceptors (Lipinski definition) is 3. The van der Waals surface area contributed by atoms with Gasteiger partial charge in [-0.1, -0.05) is 18.9 Å². The molecule has 1 saturated carbocycles. The number of amides is 2. The van der Waals surface area contributed by atoms with Gasteiger partial charge in [-0.2, -0.15) is 0 Å². The Balaban J connectivity index is 1.34. The maximum Gasteiger partial charge on any atom is 0.317 e. The monoisotopic (exact) mass is 356 g/mol. The molecule has 0 bridgehead atoms. The second kappa shape index (κ2) is 7.55. The van der Waals surface area contributed by atoms with Crippen molar-refractivity contribution in [3.63, 3.8) is 0 Å². The van der Waals surface area contributed by atoms with Crippen LogP contribution in [0, 0.1) is 12.3 Å². The fraction of sp³-hybridized carbons (Fsp3) is 0.714. The van der Waals surface area contributed by atoms with Crippen LogP contribution in [-0.2, 0) is 6.54 Å². The molecule has 0 aromatic carbocycles. The summed E-state index contributed by atoms with van der Waals surface area (Å²) in [7, 11) is 0. The molecule has 26 heavy (non-hydrogen) atoms. The Kier molecular flexibility index (Phi) is 5.16. The summed E-state index contributed by atoms with van der Waals surface area (Å²) < 4.78 is 0. The zero-order valence-corrected chi connectivity index (χ0v) is 16.0. The second-order valence-corrected chi connectivity index (χ2v) is 8.69. The molecule has 5 nitrogen and oxygen atoms in total. The summed E-state index contributed by atoms with van der Waals surface area (Å²) in [6.45, 7) is 7.05. The average Bonchev–Trinajstić information content (AvgIpc) is 3.25. The van der Waals surface area contributed by atoms with E-state index < -0.39 is 0 Å². The summed E-state index contributed by atoms with van der Waals surface area (Å²) in [6, 6.07) is 6.87. The van der Waals surface area contributed by atoms with Crippen LogP contribution in [0.15, 0.2) is 18.2 Å². The number of aromatic nitrogens is 1. The number of nitrogens with zero attached hydrogens (tertiary/aromatic N) is 3. The first kappa shape index (κ1) is 17.8. The molecule has 3 aliphatic rings. The van der Waals surface area contributed by atoms with Crippen LogP contribution in [-0.4, -0.2) is 53.0 Å². The number of likely N-dealkylation sites (tertiary alicyclic amines) is 2. The molecule has 4 rings (SSSR count). The van der Waals surface area contributed by atoms with Crippen molar-refractivity contribution < 1.29 is 4.79 Å². The molecule has 5 heteroatoms. The molecule has 0 radical (unpaired) electrons. The summed E-state index contributed by atoms with van der Waals surface area (Å²) in [6.07, 6.45) is 8.45. The van der Waals surface area contributed by atoms with Gasteiger partial charge in [-0.25, -0.2) is 4.79 Å². The van der Waals surface area contributed by atoms with Crippen molar-refractivity contribution in [2.75, 3.05) is 26.2 Å². The predicted molar refractivity (Wildman–Crippen MR) is 103 cm³/mol. The van der Waals surface area contributed by atoms with Crippen molar-refractivity contribution in [3.8, 4) is 0 Å². The van der Waals surface area contributed by atoms with Gasteiger partial charge in [-0.05, 0) is 57.7 Å². The normalized spacial score (nSPS) is 27.3. The second-order valence-electron chi connectivity index (χ2n) is 8.69. The van der Waals surface area contributed by atoms with E-state index in [9.17, 15) is 4.79 Å². The molecule has 2 saturated heterocycles. The van der Waals surface area contributed by atoms with Gasteiger partial charge in [0.25, 0.3) is 0 Å². The average molecular weight is 357 g/mol. The maximum atomic E-state index is 12.6. The van der Waals surface area contributed by atoms with Gasteiger partial charge in [0.05, 0.1) is 5.69 Å². The summed E-state index contributed by atoms with van der Waals surface area (Å²) in [5.74, 6) is 0. The Bertz CT molecular complexity index is 643. The van der Waals surface area contributed by atoms with Gasteiger partial charge < -0.3 is 10.2 Å². The number of piperidine rings is 1. The van der Waals surface area contributed by atoms with Crippen LogP contribution in [0.1, 0.15) is 56.3 Å². The van der Waals surface area contributed by atoms with Crippen molar-refractivity contribution in [1.82, 2.24) is 20.1 Å². The van der Waals surface area contributed by atoms with Crippen LogP contribution in [0.4, 0.5) is 4.79 Å². The standard InChI is InChI=1S/C21H32N4O/c1-17-6-4-9-19(22-17)14-24-12-5-10-21(15-24)11-13-25(16-21)20(26)23-18-7-2-3-8-18/h4,6,9,18H,2-3,5,7-8,10-16H2,1H3,(H,23,26). The van der Waals surface area contributed by atoms with Crippen molar-refractivity contribution in [1.29, 1.82) is 0 Å². The molecule has 1 unspecified atom stereocenters. The van der Waals surface area contributed by atoms with Gasteiger partial charge in [0.15, 0.2) is 0 Å². The minimum atomic E-state index is 0.172. The number of carbonyl (C=O) groups excluding carboxylic acids is 1. The van der Waals surface area contributed by atoms with Gasteiger partial charge in [0, 0.05) is 43.3 Å². The third kappa shape index (κ3) is 4.03. The molecule has 1 aromatic heterocycles. The molecular formula is C21H32N4O. The highest BCUT2D eigenvalue weighted by Gasteiger charge is 2.43. The third-order valence-corrected chi connectivity index (χ3v) is 6.48. The molecule has 3 heterocycles. The van der Waals surface area contributed by atoms with Gasteiger partial charge in [0.2, 0.25) is 0 Å². The van der Waals surface area contributed by atoms with E-state index >= 15 is 0 Å². The molecule has 1 atom stereocenters. The van der Waals surface area contributed by atoms with Gasteiger partial charge in [-0.3, -0.25) is 9.88 Å². The molecule has 1 aromatic rings. The largest absolute Gasteiger partial charge is 0.335 e. The molecular weight excluding hydrogens is 324 g/mol. The summed E-state index contributed by atoms with van der Waals surface area (Å²) in [4.78, 5) is 21.9. The van der Waals surface area contributed by atoms with Crippen LogP contribution in [0.25, 0.3) is 0 Å². The number of pyridine rings is 1. The van der Waals surface area contributed by atoms with Crippen LogP contribution in [0.5, 0.6) is 0 Å². The summed E-state index contributed by atoms with van der Waals surface area (Å²) in [5, 5.41) is 3.26. The van der Waals surface area contributed by atoms with E-state index in [1.807, 2.05) is 0 Å². The Labute approximate surface area is 157 Å². The highest BCUT2D eigenvalue weighted by Crippen LogP contribution is 2.39. The smallest absolute Gasteiger partial charge is 0.317 e. The van der Waals surface area contributed by atoms with Crippen LogP contribution in [0.3, 0.4) is 0 Å². The number of hydrogen-bond donors (Lipinski definition) is 1. The van der Waals surface area contributed by atoms with E-state index in [0.717, 1.165) is 63.4 Å². The van der Waals surface area contributed by atoms with Crippen molar-refractivity contribution in [3.05, 3.63) is 29.6 Å². The maximum absolute atomic E-state index is 12.6. The summed E-state index contributed by atoms with van der Waals surface area (Å²) >= 11 is 0. The summed E-state index contributed by atoms with van der Waals surface area (Å²) in [5.41, 5.74) is 2.54. The lowest BCUT2D eigenvalue weighted by atomic mass is 9.79. The first-order valence-corrected chi connectivity index (χ1v) is 10.3. The topological polar surface area (TPSA) is 48.5 Å². The Hall–Kier alpha value is -1.62. The first-order chi connectivity index (χ1) is 12.6. The first-order valence-electron chi connectivity index (χ1n) is 10.3. The zero-order valence-electron chi connectivity index (χ0n) is 16.0. The fourth-order valence-electron chi connectivity index (χ4n) is 5.14. The predicted octanol–water partition coefficient (Wildman–Crippen LogP) is 3.33. The number of nitrogens with one attached hydrogen (secondary N) is 1. The number of rotatable bonds is 3. The molecule has 2 amide bonds. The van der Waals surface area contributed by atoms with Crippen molar-refractivity contribution >= 4 is 6.03 Å². The molecule has 3 fully saturated rings. The van der Waals surface area contributed by atoms with E-state index in [-0.39, 0.29) is 11.4 Å². The van der Waals surface area contributed by atoms with Crippen LogP contribution < -0.4 is 5.32 Å². The molecule has 1 spiro atoms. The molecule has 1 aliphatic carbocycles. The lowest BCUT2D eigenvalue weighted by molar-refractivity contribution is 0.0886. The Morgan fingerprint density at radius 3 is 2.85 bits per heavy atom. The lowest BCUT2D eigenvalue weighted by Gasteiger charge is -2.40. The number of aryl methyl sites for hydroxylation is 1. The number of carbonyl (C=O) groups is 1. The molecule has 2 aliphatic heterocycles. The Morgan fingerprint density at radius 1 is 1.19 bits per heavy atom. The van der Waals surface area contributed by atoms with Gasteiger partial charge >= 0.3 is 6.03 Å². The van der Waals surface area contributed by atoms with Crippen LogP contribution in [0.2, 0.25) is 0 Å². The van der Waals surface area contributed by atoms with Gasteiger partial charge in [-0.15, -0.1) is 0 Å². The minimum Gasteiger partial charge on any atom is -0.335 e. The minimum absolute atomic E-state index is 0.172. The quantitative estimate of drug-likeness (QED) is 0.904. The third-order valence-electron chi connectivity index (χ3n) is 6.48. The number of urea groups is 1. The van der Waals surface area contributed by atoms with Crippen LogP contribution >= 0.6 is 0 Å². The van der Waals surface area contributed by atoms with E-state index in [1.165, 1.54) is 25.7 Å². The highest BCUT2D eigenvalue weighted by molar-refractivity contribution is 5.75. The Morgan fingerprint density at radius 2 is 2.04 bits per heavy atom. The lowest BCUT2D eigenvalue weighted by Crippen LogP contribution is -2.47. The highest BCUT2D eigenvalue weighted by atomic mass is 16.2. The van der Waals surface area contributed by atoms with E-state index in [2.05, 4.69) is 45.2 Å². The fourth-order valence-corrected chi connectivity index (χ4v) is 5.14. The van der Waals surface area contributed by atoms with Crippen molar-refractivity contribution in [2.24, 2.45) is 5.41 Å². The SMILES string of the molecule is Cc1cccc(CN2CCCC3(CCN(C(=O)NC4CCCC4)C3)C2)n1. The van der Waals surface area contributed by atoms with E-state index in [1.54, 1.807) is 0 Å². The zero-order chi connectivity index (χ0) is 18.0. The van der Waals surface area contributed by atoms with Gasteiger partial charge in [0.1, 0.15) is 0 Å². The molecule has 1 N–H and O–H groups in total. The molecule has 142 valence electrons. The van der Waals surface area contributed by atoms with E-state index in [0.29, 0.717) is 6.04 Å². The van der Waals surface area contributed by atoms with E-state index in [4.69, 9.17) is 0 Å². The van der Waals surface area contributed by atoms with Crippen molar-refractivity contribution in [2.45, 2.75) is 64.5 Å².